The summed E-state index contributed by atoms with van der Waals surface area (Å²) >= 11 is 0. The maximum absolute atomic E-state index is 13.7. The van der Waals surface area contributed by atoms with Crippen molar-refractivity contribution in [1.29, 1.82) is 0 Å². The molecule has 0 spiro atoms. The number of anilines is 2. The fourth-order valence-electron chi connectivity index (χ4n) is 7.22. The lowest BCUT2D eigenvalue weighted by molar-refractivity contribution is -0.141. The largest absolute Gasteiger partial charge is 0.440 e. The minimum Gasteiger partial charge on any atom is -0.440 e. The molecule has 2 fully saturated rings. The van der Waals surface area contributed by atoms with Crippen molar-refractivity contribution in [2.75, 3.05) is 51.9 Å². The quantitative estimate of drug-likeness (QED) is 0.216. The lowest BCUT2D eigenvalue weighted by atomic mass is 10.0. The molecule has 2 aliphatic rings. The van der Waals surface area contributed by atoms with Gasteiger partial charge in [-0.3, -0.25) is 34.3 Å². The Hall–Kier alpha value is -5.26. The zero-order valence-corrected chi connectivity index (χ0v) is 29.6. The van der Waals surface area contributed by atoms with Gasteiger partial charge in [0.1, 0.15) is 29.9 Å². The van der Waals surface area contributed by atoms with E-state index in [0.717, 1.165) is 29.5 Å². The zero-order chi connectivity index (χ0) is 36.1. The number of likely N-dealkylation sites (tertiary alicyclic amines) is 2. The van der Waals surface area contributed by atoms with Crippen LogP contribution < -0.4 is 10.6 Å². The van der Waals surface area contributed by atoms with Crippen molar-refractivity contribution in [3.05, 3.63) is 108 Å². The Bertz CT molecular complexity index is 1820. The molecule has 6 rings (SSSR count). The Morgan fingerprint density at radius 3 is 1.57 bits per heavy atom. The summed E-state index contributed by atoms with van der Waals surface area (Å²) in [7, 11) is 7.48. The van der Waals surface area contributed by atoms with Crippen molar-refractivity contribution in [3.8, 4) is 11.3 Å². The van der Waals surface area contributed by atoms with Gasteiger partial charge in [-0.15, -0.1) is 0 Å². The lowest BCUT2D eigenvalue weighted by Crippen LogP contribution is -2.47. The van der Waals surface area contributed by atoms with E-state index in [2.05, 4.69) is 10.6 Å². The van der Waals surface area contributed by atoms with E-state index in [1.54, 1.807) is 34.1 Å². The number of hydrogen-bond donors (Lipinski definition) is 2. The molecule has 2 saturated heterocycles. The number of hydrogen-bond acceptors (Lipinski definition) is 7. The third-order valence-electron chi connectivity index (χ3n) is 9.70. The first-order chi connectivity index (χ1) is 24.6. The number of furan rings is 1. The number of rotatable bonds is 11. The molecule has 1 aromatic heterocycles. The molecule has 4 amide bonds. The summed E-state index contributed by atoms with van der Waals surface area (Å²) in [6.07, 6.45) is 2.67. The predicted molar refractivity (Wildman–Crippen MR) is 197 cm³/mol. The third-order valence-corrected chi connectivity index (χ3v) is 9.70. The van der Waals surface area contributed by atoms with Gasteiger partial charge in [0.2, 0.25) is 23.6 Å². The Morgan fingerprint density at radius 1 is 0.627 bits per heavy atom. The fraction of sp³-hybridized carbons (Fsp3) is 0.350. The summed E-state index contributed by atoms with van der Waals surface area (Å²) in [4.78, 5) is 61.4. The first-order valence-electron chi connectivity index (χ1n) is 17.5. The summed E-state index contributed by atoms with van der Waals surface area (Å²) < 4.78 is 5.99. The highest BCUT2D eigenvalue weighted by Gasteiger charge is 2.40. The van der Waals surface area contributed by atoms with E-state index >= 15 is 0 Å². The van der Waals surface area contributed by atoms with Gasteiger partial charge < -0.3 is 19.5 Å². The Morgan fingerprint density at radius 2 is 1.10 bits per heavy atom. The molecule has 11 heteroatoms. The molecule has 2 N–H and O–H groups in total. The van der Waals surface area contributed by atoms with Crippen LogP contribution in [-0.4, -0.2) is 96.6 Å². The minimum absolute atomic E-state index is 0.0860. The third kappa shape index (κ3) is 7.90. The number of carbonyl (C=O) groups is 4. The molecule has 3 heterocycles. The van der Waals surface area contributed by atoms with Crippen LogP contribution in [0.15, 0.2) is 101 Å². The van der Waals surface area contributed by atoms with Gasteiger partial charge in [0.05, 0.1) is 0 Å². The summed E-state index contributed by atoms with van der Waals surface area (Å²) in [6, 6.07) is 27.8. The van der Waals surface area contributed by atoms with Crippen molar-refractivity contribution in [2.24, 2.45) is 0 Å². The van der Waals surface area contributed by atoms with Crippen LogP contribution in [0.1, 0.15) is 48.9 Å². The van der Waals surface area contributed by atoms with Gasteiger partial charge in [-0.2, -0.15) is 0 Å². The molecule has 266 valence electrons. The summed E-state index contributed by atoms with van der Waals surface area (Å²) in [5, 5.41) is 5.86. The molecule has 4 aromatic rings. The minimum atomic E-state index is -0.599. The van der Waals surface area contributed by atoms with Gasteiger partial charge in [-0.05, 0) is 95.3 Å². The van der Waals surface area contributed by atoms with Crippen LogP contribution in [-0.2, 0) is 19.2 Å². The van der Waals surface area contributed by atoms with Crippen LogP contribution in [0.25, 0.3) is 11.3 Å². The fourth-order valence-corrected chi connectivity index (χ4v) is 7.22. The second-order valence-corrected chi connectivity index (χ2v) is 13.7. The number of nitrogens with zero attached hydrogens (tertiary/aromatic N) is 4. The first-order valence-corrected chi connectivity index (χ1v) is 17.5. The van der Waals surface area contributed by atoms with Crippen molar-refractivity contribution in [2.45, 2.75) is 49.9 Å². The van der Waals surface area contributed by atoms with E-state index in [-0.39, 0.29) is 29.5 Å². The molecule has 0 aliphatic carbocycles. The zero-order valence-electron chi connectivity index (χ0n) is 29.6. The smallest absolute Gasteiger partial charge is 0.249 e. The molecule has 0 saturated carbocycles. The van der Waals surface area contributed by atoms with Crippen molar-refractivity contribution in [3.63, 3.8) is 0 Å². The average molecular weight is 691 g/mol. The molecule has 4 atom stereocenters. The van der Waals surface area contributed by atoms with Crippen LogP contribution in [0.5, 0.6) is 0 Å². The molecule has 51 heavy (non-hydrogen) atoms. The van der Waals surface area contributed by atoms with Crippen LogP contribution >= 0.6 is 0 Å². The Labute approximate surface area is 299 Å². The molecular weight excluding hydrogens is 644 g/mol. The van der Waals surface area contributed by atoms with Crippen molar-refractivity contribution < 1.29 is 23.6 Å². The van der Waals surface area contributed by atoms with Gasteiger partial charge in [-0.1, -0.05) is 60.7 Å². The highest BCUT2D eigenvalue weighted by molar-refractivity contribution is 5.99. The molecule has 2 aliphatic heterocycles. The Balaban J connectivity index is 1.07. The van der Waals surface area contributed by atoms with E-state index in [0.29, 0.717) is 37.4 Å². The molecule has 0 bridgehead atoms. The standard InChI is InChI=1S/C40H46N6O5/c1-43(2)35(28-13-7-5-8-14-28)39(49)45-25-11-17-31(45)37(47)41-30-21-19-27(20-22-30)33-23-24-34(51-33)42-38(48)32-18-12-26-46(32)40(50)36(44(3)4)29-15-9-6-10-16-29/h5-10,13-16,19-24,31-32,35-36H,11-12,17-18,25-26H2,1-4H3,(H,41,47)(H,42,48)/t31?,32?,35-,36-/m1/s1. The predicted octanol–water partition coefficient (Wildman–Crippen LogP) is 5.41. The number of benzene rings is 3. The summed E-state index contributed by atoms with van der Waals surface area (Å²) in [6.45, 7) is 1.05. The van der Waals surface area contributed by atoms with E-state index in [1.165, 1.54) is 0 Å². The van der Waals surface area contributed by atoms with Crippen molar-refractivity contribution >= 4 is 35.2 Å². The van der Waals surface area contributed by atoms with Crippen molar-refractivity contribution in [1.82, 2.24) is 19.6 Å². The lowest BCUT2D eigenvalue weighted by Gasteiger charge is -2.31. The highest BCUT2D eigenvalue weighted by Crippen LogP contribution is 2.31. The monoisotopic (exact) mass is 690 g/mol. The van der Waals surface area contributed by atoms with Crippen LogP contribution in [0.2, 0.25) is 0 Å². The topological polar surface area (TPSA) is 118 Å². The SMILES string of the molecule is CN(C)[C@@H](C(=O)N1CCCC1C(=O)Nc1ccc(-c2ccc(NC(=O)C3CCCN3C(=O)[C@@H](c3ccccc3)N(C)C)o2)cc1)c1ccccc1. The highest BCUT2D eigenvalue weighted by atomic mass is 16.4. The van der Waals surface area contributed by atoms with E-state index in [1.807, 2.05) is 111 Å². The van der Waals surface area contributed by atoms with Gasteiger partial charge in [0, 0.05) is 30.4 Å². The molecule has 0 radical (unpaired) electrons. The number of amides is 4. The second-order valence-electron chi connectivity index (χ2n) is 13.7. The van der Waals surface area contributed by atoms with Gasteiger partial charge in [0.25, 0.3) is 0 Å². The maximum Gasteiger partial charge on any atom is 0.249 e. The maximum atomic E-state index is 13.7. The normalized spacial score (nSPS) is 18.5. The molecule has 11 nitrogen and oxygen atoms in total. The van der Waals surface area contributed by atoms with Gasteiger partial charge >= 0.3 is 0 Å². The second kappa shape index (κ2) is 15.7. The molecule has 2 unspecified atom stereocenters. The van der Waals surface area contributed by atoms with E-state index in [4.69, 9.17) is 4.42 Å². The molecular formula is C40H46N6O5. The number of nitrogens with one attached hydrogen (secondary N) is 2. The average Bonchev–Trinajstić information content (AvgIpc) is 3.91. The van der Waals surface area contributed by atoms with E-state index < -0.39 is 24.2 Å². The van der Waals surface area contributed by atoms with Crippen LogP contribution in [0.3, 0.4) is 0 Å². The first kappa shape index (κ1) is 35.6. The van der Waals surface area contributed by atoms with Gasteiger partial charge in [0.15, 0.2) is 5.88 Å². The van der Waals surface area contributed by atoms with Gasteiger partial charge in [-0.25, -0.2) is 0 Å². The summed E-state index contributed by atoms with van der Waals surface area (Å²) in [5.74, 6) is 0.136. The summed E-state index contributed by atoms with van der Waals surface area (Å²) in [5.41, 5.74) is 3.14. The van der Waals surface area contributed by atoms with E-state index in [9.17, 15) is 19.2 Å². The Kier molecular flexibility index (Phi) is 11.0. The van der Waals surface area contributed by atoms with Crippen LogP contribution in [0.4, 0.5) is 11.6 Å². The molecule has 3 aromatic carbocycles. The number of likely N-dealkylation sites (N-methyl/N-ethyl adjacent to an activating group) is 2. The number of carbonyl (C=O) groups excluding carboxylic acids is 4. The van der Waals surface area contributed by atoms with Crippen LogP contribution in [0, 0.1) is 0 Å².